The zero-order chi connectivity index (χ0) is 24.5. The molecule has 1 aromatic carbocycles. The number of fused-ring (bicyclic) bond motifs is 1. The molecule has 0 unspecified atom stereocenters. The summed E-state index contributed by atoms with van der Waals surface area (Å²) in [5.41, 5.74) is 6.15. The van der Waals surface area contributed by atoms with E-state index < -0.39 is 11.6 Å². The number of hydrogen-bond acceptors (Lipinski definition) is 7. The first-order valence-electron chi connectivity index (χ1n) is 11.7. The predicted octanol–water partition coefficient (Wildman–Crippen LogP) is 4.31. The van der Waals surface area contributed by atoms with Crippen LogP contribution in [0.4, 0.5) is 26.4 Å². The lowest BCUT2D eigenvalue weighted by molar-refractivity contribution is -0.122. The van der Waals surface area contributed by atoms with E-state index in [0.29, 0.717) is 49.4 Å². The third kappa shape index (κ3) is 5.01. The van der Waals surface area contributed by atoms with E-state index in [1.165, 1.54) is 0 Å². The van der Waals surface area contributed by atoms with Gasteiger partial charge < -0.3 is 21.1 Å². The summed E-state index contributed by atoms with van der Waals surface area (Å²) in [6.07, 6.45) is 5.98. The highest BCUT2D eigenvalue weighted by molar-refractivity contribution is 6.30. The average molecular weight is 506 g/mol. The highest BCUT2D eigenvalue weighted by Crippen LogP contribution is 2.37. The average Bonchev–Trinajstić information content (AvgIpc) is 3.19. The van der Waals surface area contributed by atoms with Gasteiger partial charge in [0.1, 0.15) is 11.2 Å². The van der Waals surface area contributed by atoms with Crippen LogP contribution in [0.5, 0.6) is 0 Å². The van der Waals surface area contributed by atoms with Gasteiger partial charge in [-0.05, 0) is 50.7 Å². The van der Waals surface area contributed by atoms with Crippen LogP contribution in [-0.4, -0.2) is 44.7 Å². The van der Waals surface area contributed by atoms with Crippen LogP contribution in [0.2, 0.25) is 5.02 Å². The number of halogens is 3. The highest BCUT2D eigenvalue weighted by atomic mass is 35.5. The lowest BCUT2D eigenvalue weighted by Crippen LogP contribution is -2.31. The lowest BCUT2D eigenvalue weighted by atomic mass is 9.85. The fraction of sp³-hybridized carbons (Fsp3) is 0.478. The van der Waals surface area contributed by atoms with Crippen molar-refractivity contribution in [2.45, 2.75) is 50.6 Å². The minimum absolute atomic E-state index is 0.0443. The quantitative estimate of drug-likeness (QED) is 0.456. The van der Waals surface area contributed by atoms with Crippen LogP contribution in [0.1, 0.15) is 44.6 Å². The molecule has 1 saturated carbocycles. The standard InChI is InChI=1S/C23H26ClF2N7O2/c24-13-8-16(25)19(17(26)9-13)31-23-30-18-10-28-22(29-14-2-1-7-35-11-14)32-21(18)33(23)15-5-3-12(4-6-15)20(27)34/h8-10,12,14-15H,1-7,11H2,(H2,27,34)(H,30,31)(H,28,29,32)/t12-,14-,15+/m1/s1. The Bertz CT molecular complexity index is 1220. The van der Waals surface area contributed by atoms with Gasteiger partial charge in [-0.3, -0.25) is 9.36 Å². The molecule has 186 valence electrons. The summed E-state index contributed by atoms with van der Waals surface area (Å²) < 4.78 is 36.5. The Morgan fingerprint density at radius 2 is 1.89 bits per heavy atom. The third-order valence-electron chi connectivity index (χ3n) is 6.63. The number of nitrogens with one attached hydrogen (secondary N) is 2. The summed E-state index contributed by atoms with van der Waals surface area (Å²) in [4.78, 5) is 25.3. The normalized spacial score (nSPS) is 22.8. The van der Waals surface area contributed by atoms with E-state index in [9.17, 15) is 13.6 Å². The number of nitrogens with two attached hydrogens (primary N) is 1. The molecule has 1 aliphatic carbocycles. The molecule has 2 fully saturated rings. The lowest BCUT2D eigenvalue weighted by Gasteiger charge is -2.29. The van der Waals surface area contributed by atoms with E-state index in [2.05, 4.69) is 20.6 Å². The molecule has 5 rings (SSSR count). The van der Waals surface area contributed by atoms with E-state index in [1.807, 2.05) is 4.57 Å². The molecular weight excluding hydrogens is 480 g/mol. The number of rotatable bonds is 6. The summed E-state index contributed by atoms with van der Waals surface area (Å²) in [5, 5.41) is 6.06. The molecule has 3 heterocycles. The second-order valence-corrected chi connectivity index (χ2v) is 9.48. The number of amides is 1. The summed E-state index contributed by atoms with van der Waals surface area (Å²) >= 11 is 5.78. The molecule has 1 saturated heterocycles. The van der Waals surface area contributed by atoms with Crippen LogP contribution < -0.4 is 16.4 Å². The van der Waals surface area contributed by atoms with Crippen LogP contribution in [0.3, 0.4) is 0 Å². The molecule has 35 heavy (non-hydrogen) atoms. The van der Waals surface area contributed by atoms with Gasteiger partial charge >= 0.3 is 0 Å². The molecular formula is C23H26ClF2N7O2. The van der Waals surface area contributed by atoms with Crippen molar-refractivity contribution in [3.63, 3.8) is 0 Å². The highest BCUT2D eigenvalue weighted by Gasteiger charge is 2.30. The topological polar surface area (TPSA) is 120 Å². The largest absolute Gasteiger partial charge is 0.379 e. The van der Waals surface area contributed by atoms with Gasteiger partial charge in [-0.15, -0.1) is 0 Å². The Morgan fingerprint density at radius 1 is 1.14 bits per heavy atom. The van der Waals surface area contributed by atoms with E-state index in [-0.39, 0.29) is 40.6 Å². The van der Waals surface area contributed by atoms with Gasteiger partial charge in [-0.2, -0.15) is 4.98 Å². The van der Waals surface area contributed by atoms with Gasteiger partial charge in [0.2, 0.25) is 17.8 Å². The number of anilines is 3. The van der Waals surface area contributed by atoms with Crippen molar-refractivity contribution < 1.29 is 18.3 Å². The maximum Gasteiger partial charge on any atom is 0.225 e. The number of nitrogens with zero attached hydrogens (tertiary/aromatic N) is 4. The summed E-state index contributed by atoms with van der Waals surface area (Å²) in [6, 6.07) is 2.06. The van der Waals surface area contributed by atoms with Crippen molar-refractivity contribution in [1.29, 1.82) is 0 Å². The fourth-order valence-corrected chi connectivity index (χ4v) is 5.02. The van der Waals surface area contributed by atoms with Crippen molar-refractivity contribution in [3.05, 3.63) is 35.0 Å². The summed E-state index contributed by atoms with van der Waals surface area (Å²) in [7, 11) is 0. The Labute approximate surface area is 205 Å². The van der Waals surface area contributed by atoms with Gasteiger partial charge in [0, 0.05) is 23.6 Å². The number of carbonyl (C=O) groups is 1. The molecule has 4 N–H and O–H groups in total. The van der Waals surface area contributed by atoms with Crippen molar-refractivity contribution in [2.75, 3.05) is 23.8 Å². The van der Waals surface area contributed by atoms with Crippen molar-refractivity contribution in [1.82, 2.24) is 19.5 Å². The van der Waals surface area contributed by atoms with Crippen LogP contribution in [-0.2, 0) is 9.53 Å². The fourth-order valence-electron chi connectivity index (χ4n) is 4.82. The number of hydrogen-bond donors (Lipinski definition) is 3. The van der Waals surface area contributed by atoms with E-state index in [1.54, 1.807) is 6.20 Å². The smallest absolute Gasteiger partial charge is 0.225 e. The minimum Gasteiger partial charge on any atom is -0.379 e. The first kappa shape index (κ1) is 23.7. The maximum absolute atomic E-state index is 14.6. The molecule has 0 spiro atoms. The second kappa shape index (κ2) is 9.90. The van der Waals surface area contributed by atoms with E-state index in [0.717, 1.165) is 31.6 Å². The predicted molar refractivity (Wildman–Crippen MR) is 128 cm³/mol. The molecule has 1 aliphatic heterocycles. The molecule has 1 atom stereocenters. The number of benzene rings is 1. The Hall–Kier alpha value is -3.05. The Balaban J connectivity index is 1.52. The van der Waals surface area contributed by atoms with E-state index in [4.69, 9.17) is 27.1 Å². The first-order chi connectivity index (χ1) is 16.9. The van der Waals surface area contributed by atoms with Crippen molar-refractivity contribution >= 4 is 46.3 Å². The van der Waals surface area contributed by atoms with E-state index >= 15 is 0 Å². The molecule has 0 radical (unpaired) electrons. The number of aromatic nitrogens is 4. The number of carbonyl (C=O) groups excluding carboxylic acids is 1. The monoisotopic (exact) mass is 505 g/mol. The van der Waals surface area contributed by atoms with Gasteiger partial charge in [0.25, 0.3) is 0 Å². The number of imidazole rings is 1. The van der Waals surface area contributed by atoms with Crippen LogP contribution in [0, 0.1) is 17.6 Å². The van der Waals surface area contributed by atoms with Gasteiger partial charge in [0.05, 0.1) is 18.8 Å². The Morgan fingerprint density at radius 3 is 2.54 bits per heavy atom. The molecule has 12 heteroatoms. The zero-order valence-electron chi connectivity index (χ0n) is 18.9. The molecule has 2 aromatic heterocycles. The first-order valence-corrected chi connectivity index (χ1v) is 12.1. The molecule has 1 amide bonds. The van der Waals surface area contributed by atoms with Crippen LogP contribution in [0.25, 0.3) is 11.2 Å². The molecule has 9 nitrogen and oxygen atoms in total. The van der Waals surface area contributed by atoms with Gasteiger partial charge in [-0.1, -0.05) is 11.6 Å². The minimum atomic E-state index is -0.836. The van der Waals surface area contributed by atoms with Gasteiger partial charge in [0.15, 0.2) is 17.3 Å². The molecule has 2 aliphatic rings. The summed E-state index contributed by atoms with van der Waals surface area (Å²) in [5.74, 6) is -1.52. The molecule has 3 aromatic rings. The van der Waals surface area contributed by atoms with Gasteiger partial charge in [-0.25, -0.2) is 18.7 Å². The number of primary amides is 1. The van der Waals surface area contributed by atoms with Crippen LogP contribution in [0.15, 0.2) is 18.3 Å². The SMILES string of the molecule is NC(=O)[C@H]1CC[C@@H](n2c(Nc3c(F)cc(Cl)cc3F)nc3cnc(N[C@@H]4CCCOC4)nc32)CC1. The summed E-state index contributed by atoms with van der Waals surface area (Å²) in [6.45, 7) is 1.31. The second-order valence-electron chi connectivity index (χ2n) is 9.04. The third-order valence-corrected chi connectivity index (χ3v) is 6.85. The molecule has 0 bridgehead atoms. The Kier molecular flexibility index (Phi) is 6.70. The van der Waals surface area contributed by atoms with Crippen LogP contribution >= 0.6 is 11.6 Å². The van der Waals surface area contributed by atoms with Crippen molar-refractivity contribution in [2.24, 2.45) is 11.7 Å². The number of ether oxygens (including phenoxy) is 1. The maximum atomic E-state index is 14.6. The zero-order valence-corrected chi connectivity index (χ0v) is 19.7. The van der Waals surface area contributed by atoms with Crippen molar-refractivity contribution in [3.8, 4) is 0 Å².